The van der Waals surface area contributed by atoms with Crippen molar-refractivity contribution in [3.8, 4) is 6.07 Å². The molecule has 0 fully saturated rings. The zero-order valence-electron chi connectivity index (χ0n) is 7.72. The number of nitrogens with one attached hydrogen (secondary N) is 1. The van der Waals surface area contributed by atoms with E-state index in [0.29, 0.717) is 22.2 Å². The molecule has 0 aliphatic heterocycles. The summed E-state index contributed by atoms with van der Waals surface area (Å²) in [5, 5.41) is 12.8. The molecular weight excluding hydrogens is 219 g/mol. The maximum Gasteiger partial charge on any atom is 0.114 e. The number of nitriles is 1. The van der Waals surface area contributed by atoms with E-state index >= 15 is 0 Å². The molecule has 74 valence electrons. The SMILES string of the molecule is CCC(C#N)Nc1c(Cl)cccc1Cl. The number of benzene rings is 1. The smallest absolute Gasteiger partial charge is 0.114 e. The molecule has 1 aromatic rings. The van der Waals surface area contributed by atoms with E-state index in [1.807, 2.05) is 6.92 Å². The van der Waals surface area contributed by atoms with Crippen LogP contribution in [0.25, 0.3) is 0 Å². The molecule has 0 spiro atoms. The van der Waals surface area contributed by atoms with E-state index in [1.165, 1.54) is 0 Å². The molecule has 1 unspecified atom stereocenters. The number of nitrogens with zero attached hydrogens (tertiary/aromatic N) is 1. The second-order valence-electron chi connectivity index (χ2n) is 2.83. The van der Waals surface area contributed by atoms with Crippen LogP contribution in [0.3, 0.4) is 0 Å². The summed E-state index contributed by atoms with van der Waals surface area (Å²) in [4.78, 5) is 0. The molecule has 0 saturated carbocycles. The largest absolute Gasteiger partial charge is 0.367 e. The lowest BCUT2D eigenvalue weighted by Gasteiger charge is -2.13. The van der Waals surface area contributed by atoms with Crippen molar-refractivity contribution in [1.29, 1.82) is 5.26 Å². The predicted molar refractivity (Wildman–Crippen MR) is 59.8 cm³/mol. The first kappa shape index (κ1) is 11.2. The Balaban J connectivity index is 2.91. The van der Waals surface area contributed by atoms with Gasteiger partial charge in [-0.1, -0.05) is 36.2 Å². The summed E-state index contributed by atoms with van der Waals surface area (Å²) >= 11 is 11.9. The van der Waals surface area contributed by atoms with Crippen molar-refractivity contribution < 1.29 is 0 Å². The zero-order valence-corrected chi connectivity index (χ0v) is 9.23. The van der Waals surface area contributed by atoms with Gasteiger partial charge in [0.05, 0.1) is 21.8 Å². The van der Waals surface area contributed by atoms with Gasteiger partial charge in [-0.25, -0.2) is 0 Å². The fourth-order valence-corrected chi connectivity index (χ4v) is 1.54. The van der Waals surface area contributed by atoms with E-state index in [1.54, 1.807) is 18.2 Å². The van der Waals surface area contributed by atoms with Crippen molar-refractivity contribution in [1.82, 2.24) is 0 Å². The number of halogens is 2. The standard InChI is InChI=1S/C10H10Cl2N2/c1-2-7(6-13)14-10-8(11)4-3-5-9(10)12/h3-5,7,14H,2H2,1H3. The minimum Gasteiger partial charge on any atom is -0.367 e. The summed E-state index contributed by atoms with van der Waals surface area (Å²) in [7, 11) is 0. The van der Waals surface area contributed by atoms with Crippen molar-refractivity contribution >= 4 is 28.9 Å². The Bertz CT molecular complexity index is 337. The van der Waals surface area contributed by atoms with Crippen LogP contribution in [0.1, 0.15) is 13.3 Å². The quantitative estimate of drug-likeness (QED) is 0.857. The molecular formula is C10H10Cl2N2. The molecule has 1 rings (SSSR count). The van der Waals surface area contributed by atoms with Gasteiger partial charge in [0.15, 0.2) is 0 Å². The molecule has 1 atom stereocenters. The Hall–Kier alpha value is -0.910. The van der Waals surface area contributed by atoms with Gasteiger partial charge in [-0.05, 0) is 18.6 Å². The van der Waals surface area contributed by atoms with E-state index < -0.39 is 0 Å². The highest BCUT2D eigenvalue weighted by Gasteiger charge is 2.09. The second kappa shape index (κ2) is 5.09. The minimum atomic E-state index is -0.257. The van der Waals surface area contributed by atoms with Crippen LogP contribution in [0.5, 0.6) is 0 Å². The number of anilines is 1. The lowest BCUT2D eigenvalue weighted by molar-refractivity contribution is 0.845. The van der Waals surface area contributed by atoms with Crippen molar-refractivity contribution in [3.05, 3.63) is 28.2 Å². The minimum absolute atomic E-state index is 0.257. The lowest BCUT2D eigenvalue weighted by atomic mass is 10.2. The van der Waals surface area contributed by atoms with Crippen LogP contribution >= 0.6 is 23.2 Å². The van der Waals surface area contributed by atoms with Crippen LogP contribution in [-0.2, 0) is 0 Å². The fraction of sp³-hybridized carbons (Fsp3) is 0.300. The van der Waals surface area contributed by atoms with E-state index in [2.05, 4.69) is 11.4 Å². The topological polar surface area (TPSA) is 35.8 Å². The number of para-hydroxylation sites is 1. The summed E-state index contributed by atoms with van der Waals surface area (Å²) < 4.78 is 0. The van der Waals surface area contributed by atoms with Gasteiger partial charge in [0.25, 0.3) is 0 Å². The van der Waals surface area contributed by atoms with Crippen molar-refractivity contribution in [2.75, 3.05) is 5.32 Å². The third-order valence-electron chi connectivity index (χ3n) is 1.85. The Labute approximate surface area is 93.4 Å². The van der Waals surface area contributed by atoms with Crippen LogP contribution < -0.4 is 5.32 Å². The Morgan fingerprint density at radius 3 is 2.43 bits per heavy atom. The zero-order chi connectivity index (χ0) is 10.6. The molecule has 0 aliphatic carbocycles. The van der Waals surface area contributed by atoms with Gasteiger partial charge in [-0.3, -0.25) is 0 Å². The van der Waals surface area contributed by atoms with Gasteiger partial charge in [0.1, 0.15) is 6.04 Å². The Morgan fingerprint density at radius 1 is 1.43 bits per heavy atom. The molecule has 0 heterocycles. The molecule has 1 N–H and O–H groups in total. The first-order valence-corrected chi connectivity index (χ1v) is 5.04. The molecule has 0 amide bonds. The van der Waals surface area contributed by atoms with Gasteiger partial charge >= 0.3 is 0 Å². The average Bonchev–Trinajstić information content (AvgIpc) is 2.18. The number of hydrogen-bond acceptors (Lipinski definition) is 2. The van der Waals surface area contributed by atoms with Crippen LogP contribution in [0.2, 0.25) is 10.0 Å². The normalized spacial score (nSPS) is 11.9. The maximum atomic E-state index is 8.77. The van der Waals surface area contributed by atoms with Crippen molar-refractivity contribution in [2.45, 2.75) is 19.4 Å². The van der Waals surface area contributed by atoms with Gasteiger partial charge < -0.3 is 5.32 Å². The molecule has 0 aromatic heterocycles. The first-order chi connectivity index (χ1) is 6.69. The van der Waals surface area contributed by atoms with Gasteiger partial charge in [-0.15, -0.1) is 0 Å². The first-order valence-electron chi connectivity index (χ1n) is 4.29. The van der Waals surface area contributed by atoms with Crippen LogP contribution in [0, 0.1) is 11.3 Å². The lowest BCUT2D eigenvalue weighted by Crippen LogP contribution is -2.16. The van der Waals surface area contributed by atoms with E-state index in [4.69, 9.17) is 28.5 Å². The van der Waals surface area contributed by atoms with Gasteiger partial charge in [-0.2, -0.15) is 5.26 Å². The number of hydrogen-bond donors (Lipinski definition) is 1. The fourth-order valence-electron chi connectivity index (χ4n) is 1.04. The van der Waals surface area contributed by atoms with E-state index in [0.717, 1.165) is 0 Å². The molecule has 2 nitrogen and oxygen atoms in total. The summed E-state index contributed by atoms with van der Waals surface area (Å²) in [6, 6.07) is 7.11. The molecule has 0 saturated heterocycles. The van der Waals surface area contributed by atoms with Crippen molar-refractivity contribution in [3.63, 3.8) is 0 Å². The van der Waals surface area contributed by atoms with Gasteiger partial charge in [0.2, 0.25) is 0 Å². The van der Waals surface area contributed by atoms with Crippen LogP contribution in [0.15, 0.2) is 18.2 Å². The van der Waals surface area contributed by atoms with E-state index in [-0.39, 0.29) is 6.04 Å². The summed E-state index contributed by atoms with van der Waals surface area (Å²) in [6.45, 7) is 1.92. The number of rotatable bonds is 3. The third-order valence-corrected chi connectivity index (χ3v) is 2.48. The molecule has 14 heavy (non-hydrogen) atoms. The highest BCUT2D eigenvalue weighted by molar-refractivity contribution is 6.39. The second-order valence-corrected chi connectivity index (χ2v) is 3.65. The molecule has 4 heteroatoms. The highest BCUT2D eigenvalue weighted by Crippen LogP contribution is 2.30. The highest BCUT2D eigenvalue weighted by atomic mass is 35.5. The monoisotopic (exact) mass is 228 g/mol. The van der Waals surface area contributed by atoms with E-state index in [9.17, 15) is 0 Å². The van der Waals surface area contributed by atoms with Gasteiger partial charge in [0, 0.05) is 0 Å². The summed E-state index contributed by atoms with van der Waals surface area (Å²) in [5.74, 6) is 0. The van der Waals surface area contributed by atoms with Crippen LogP contribution in [0.4, 0.5) is 5.69 Å². The Morgan fingerprint density at radius 2 is 2.00 bits per heavy atom. The molecule has 1 aromatic carbocycles. The Kier molecular flexibility index (Phi) is 4.06. The maximum absolute atomic E-state index is 8.77. The average molecular weight is 229 g/mol. The molecule has 0 aliphatic rings. The van der Waals surface area contributed by atoms with Crippen LogP contribution in [-0.4, -0.2) is 6.04 Å². The third kappa shape index (κ3) is 2.54. The summed E-state index contributed by atoms with van der Waals surface area (Å²) in [5.41, 5.74) is 0.629. The van der Waals surface area contributed by atoms with Crippen molar-refractivity contribution in [2.24, 2.45) is 0 Å². The predicted octanol–water partition coefficient (Wildman–Crippen LogP) is 3.71. The summed E-state index contributed by atoms with van der Waals surface area (Å²) in [6.07, 6.45) is 0.706. The molecule has 0 bridgehead atoms. The molecule has 0 radical (unpaired) electrons.